The third-order valence-electron chi connectivity index (χ3n) is 4.18. The molecule has 2 rings (SSSR count). The maximum Gasteiger partial charge on any atom is 0.0933 e. The predicted molar refractivity (Wildman–Crippen MR) is 69.1 cm³/mol. The highest BCUT2D eigenvalue weighted by atomic mass is 16.6. The Bertz CT molecular complexity index is 214. The van der Waals surface area contributed by atoms with E-state index in [1.807, 2.05) is 0 Å². The minimum Gasteiger partial charge on any atom is -0.376 e. The van der Waals surface area contributed by atoms with Gasteiger partial charge in [-0.1, -0.05) is 26.7 Å². The summed E-state index contributed by atoms with van der Waals surface area (Å²) in [5.74, 6) is 1.73. The Morgan fingerprint density at radius 2 is 2.12 bits per heavy atom. The smallest absolute Gasteiger partial charge is 0.0933 e. The summed E-state index contributed by atoms with van der Waals surface area (Å²) in [6.45, 7) is 7.93. The zero-order chi connectivity index (χ0) is 12.1. The van der Waals surface area contributed by atoms with Crippen LogP contribution >= 0.6 is 0 Å². The first kappa shape index (κ1) is 13.3. The van der Waals surface area contributed by atoms with Crippen molar-refractivity contribution in [1.29, 1.82) is 0 Å². The molecule has 1 aliphatic carbocycles. The van der Waals surface area contributed by atoms with Crippen LogP contribution in [0.5, 0.6) is 0 Å². The summed E-state index contributed by atoms with van der Waals surface area (Å²) < 4.78 is 11.1. The van der Waals surface area contributed by atoms with Gasteiger partial charge in [-0.05, 0) is 24.7 Å². The minimum absolute atomic E-state index is 0.267. The number of rotatable bonds is 4. The summed E-state index contributed by atoms with van der Waals surface area (Å²) in [5, 5.41) is 3.67. The Kier molecular flexibility index (Phi) is 5.26. The molecule has 3 heteroatoms. The maximum atomic E-state index is 5.66. The number of hydrogen-bond donors (Lipinski definition) is 1. The van der Waals surface area contributed by atoms with E-state index in [0.717, 1.165) is 38.2 Å². The molecule has 1 N–H and O–H groups in total. The molecule has 100 valence electrons. The Morgan fingerprint density at radius 3 is 2.82 bits per heavy atom. The Hall–Kier alpha value is -0.120. The number of hydrogen-bond acceptors (Lipinski definition) is 3. The maximum absolute atomic E-state index is 5.66. The van der Waals surface area contributed by atoms with E-state index in [1.165, 1.54) is 25.7 Å². The first-order valence-electron chi connectivity index (χ1n) is 7.18. The molecule has 2 fully saturated rings. The van der Waals surface area contributed by atoms with Crippen molar-refractivity contribution in [3.63, 3.8) is 0 Å². The van der Waals surface area contributed by atoms with Crippen molar-refractivity contribution in [2.45, 2.75) is 51.7 Å². The quantitative estimate of drug-likeness (QED) is 0.818. The molecule has 0 amide bonds. The molecule has 0 aromatic carbocycles. The molecular weight excluding hydrogens is 214 g/mol. The molecular formula is C14H27NO2. The van der Waals surface area contributed by atoms with E-state index in [4.69, 9.17) is 9.47 Å². The zero-order valence-corrected chi connectivity index (χ0v) is 11.3. The molecule has 17 heavy (non-hydrogen) atoms. The molecule has 2 aliphatic rings. The molecule has 0 aromatic heterocycles. The van der Waals surface area contributed by atoms with Gasteiger partial charge in [-0.3, -0.25) is 0 Å². The molecule has 3 atom stereocenters. The third-order valence-corrected chi connectivity index (χ3v) is 4.18. The van der Waals surface area contributed by atoms with Gasteiger partial charge in [0.2, 0.25) is 0 Å². The van der Waals surface area contributed by atoms with Crippen LogP contribution in [0.2, 0.25) is 0 Å². The van der Waals surface area contributed by atoms with E-state index in [2.05, 4.69) is 19.2 Å². The van der Waals surface area contributed by atoms with Crippen molar-refractivity contribution in [2.75, 3.05) is 26.4 Å². The molecule has 1 aliphatic heterocycles. The highest BCUT2D eigenvalue weighted by Gasteiger charge is 2.24. The fraction of sp³-hybridized carbons (Fsp3) is 1.00. The van der Waals surface area contributed by atoms with Crippen LogP contribution in [0.4, 0.5) is 0 Å². The van der Waals surface area contributed by atoms with Crippen LogP contribution in [0.15, 0.2) is 0 Å². The lowest BCUT2D eigenvalue weighted by Gasteiger charge is -2.33. The monoisotopic (exact) mass is 241 g/mol. The van der Waals surface area contributed by atoms with Gasteiger partial charge in [0.1, 0.15) is 0 Å². The van der Waals surface area contributed by atoms with Crippen LogP contribution in [0.1, 0.15) is 39.5 Å². The van der Waals surface area contributed by atoms with E-state index in [1.54, 1.807) is 0 Å². The van der Waals surface area contributed by atoms with Crippen molar-refractivity contribution >= 4 is 0 Å². The van der Waals surface area contributed by atoms with Crippen molar-refractivity contribution < 1.29 is 9.47 Å². The molecule has 0 bridgehead atoms. The minimum atomic E-state index is 0.267. The SMILES string of the molecule is CC(C)C1CCCC(NCC2COCCO2)C1. The van der Waals surface area contributed by atoms with Crippen molar-refractivity contribution in [3.8, 4) is 0 Å². The Labute approximate surface area is 105 Å². The second-order valence-corrected chi connectivity index (χ2v) is 5.84. The first-order valence-corrected chi connectivity index (χ1v) is 7.18. The topological polar surface area (TPSA) is 30.5 Å². The van der Waals surface area contributed by atoms with Crippen LogP contribution in [0, 0.1) is 11.8 Å². The zero-order valence-electron chi connectivity index (χ0n) is 11.3. The average molecular weight is 241 g/mol. The van der Waals surface area contributed by atoms with Gasteiger partial charge in [0.05, 0.1) is 25.9 Å². The molecule has 0 spiro atoms. The summed E-state index contributed by atoms with van der Waals surface area (Å²) in [6.07, 6.45) is 5.73. The lowest BCUT2D eigenvalue weighted by molar-refractivity contribution is -0.0875. The van der Waals surface area contributed by atoms with Crippen molar-refractivity contribution in [1.82, 2.24) is 5.32 Å². The van der Waals surface area contributed by atoms with Gasteiger partial charge in [0.15, 0.2) is 0 Å². The summed E-state index contributed by atoms with van der Waals surface area (Å²) in [5.41, 5.74) is 0. The lowest BCUT2D eigenvalue weighted by atomic mass is 9.79. The van der Waals surface area contributed by atoms with Crippen LogP contribution < -0.4 is 5.32 Å². The highest BCUT2D eigenvalue weighted by Crippen LogP contribution is 2.29. The average Bonchev–Trinajstić information content (AvgIpc) is 2.38. The Morgan fingerprint density at radius 1 is 1.24 bits per heavy atom. The van der Waals surface area contributed by atoms with E-state index in [-0.39, 0.29) is 6.10 Å². The molecule has 0 radical (unpaired) electrons. The van der Waals surface area contributed by atoms with Gasteiger partial charge in [-0.15, -0.1) is 0 Å². The second-order valence-electron chi connectivity index (χ2n) is 5.84. The van der Waals surface area contributed by atoms with Crippen LogP contribution in [-0.2, 0) is 9.47 Å². The van der Waals surface area contributed by atoms with E-state index in [9.17, 15) is 0 Å². The molecule has 3 unspecified atom stereocenters. The Balaban J connectivity index is 1.67. The van der Waals surface area contributed by atoms with Gasteiger partial charge in [-0.25, -0.2) is 0 Å². The standard InChI is InChI=1S/C14H27NO2/c1-11(2)12-4-3-5-13(8-12)15-9-14-10-16-6-7-17-14/h11-15H,3-10H2,1-2H3. The van der Waals surface area contributed by atoms with Crippen LogP contribution in [0.3, 0.4) is 0 Å². The van der Waals surface area contributed by atoms with Gasteiger partial charge in [0, 0.05) is 12.6 Å². The summed E-state index contributed by atoms with van der Waals surface area (Å²) in [7, 11) is 0. The predicted octanol–water partition coefficient (Wildman–Crippen LogP) is 2.21. The van der Waals surface area contributed by atoms with Crippen LogP contribution in [-0.4, -0.2) is 38.5 Å². The fourth-order valence-corrected chi connectivity index (χ4v) is 2.97. The number of nitrogens with one attached hydrogen (secondary N) is 1. The molecule has 3 nitrogen and oxygen atoms in total. The van der Waals surface area contributed by atoms with Gasteiger partial charge >= 0.3 is 0 Å². The van der Waals surface area contributed by atoms with Gasteiger partial charge in [0.25, 0.3) is 0 Å². The van der Waals surface area contributed by atoms with Gasteiger partial charge < -0.3 is 14.8 Å². The van der Waals surface area contributed by atoms with Crippen molar-refractivity contribution in [2.24, 2.45) is 11.8 Å². The molecule has 1 heterocycles. The second kappa shape index (κ2) is 6.72. The van der Waals surface area contributed by atoms with Gasteiger partial charge in [-0.2, -0.15) is 0 Å². The largest absolute Gasteiger partial charge is 0.376 e. The summed E-state index contributed by atoms with van der Waals surface area (Å²) >= 11 is 0. The molecule has 1 saturated carbocycles. The normalized spacial score (nSPS) is 35.1. The summed E-state index contributed by atoms with van der Waals surface area (Å²) in [4.78, 5) is 0. The third kappa shape index (κ3) is 4.23. The van der Waals surface area contributed by atoms with Crippen LogP contribution in [0.25, 0.3) is 0 Å². The molecule has 1 saturated heterocycles. The number of ether oxygens (including phenoxy) is 2. The van der Waals surface area contributed by atoms with Crippen molar-refractivity contribution in [3.05, 3.63) is 0 Å². The van der Waals surface area contributed by atoms with E-state index in [0.29, 0.717) is 6.04 Å². The van der Waals surface area contributed by atoms with E-state index < -0.39 is 0 Å². The molecule has 0 aromatic rings. The summed E-state index contributed by atoms with van der Waals surface area (Å²) in [6, 6.07) is 0.696. The first-order chi connectivity index (χ1) is 8.25. The fourth-order valence-electron chi connectivity index (χ4n) is 2.97. The van der Waals surface area contributed by atoms with E-state index >= 15 is 0 Å². The lowest BCUT2D eigenvalue weighted by Crippen LogP contribution is -2.43. The highest BCUT2D eigenvalue weighted by molar-refractivity contribution is 4.80.